The topological polar surface area (TPSA) is 32.3 Å². The van der Waals surface area contributed by atoms with E-state index in [-0.39, 0.29) is 12.6 Å². The van der Waals surface area contributed by atoms with Crippen molar-refractivity contribution in [2.75, 3.05) is 13.2 Å². The molecule has 0 aromatic heterocycles. The van der Waals surface area contributed by atoms with Gasteiger partial charge in [0.25, 0.3) is 0 Å². The van der Waals surface area contributed by atoms with Gasteiger partial charge in [0, 0.05) is 12.6 Å². The maximum Gasteiger partial charge on any atom is 0.0582 e. The van der Waals surface area contributed by atoms with Gasteiger partial charge in [-0.25, -0.2) is 0 Å². The molecule has 2 N–H and O–H groups in total. The van der Waals surface area contributed by atoms with E-state index in [0.717, 1.165) is 12.1 Å². The van der Waals surface area contributed by atoms with E-state index in [4.69, 9.17) is 5.11 Å². The Balaban J connectivity index is 3.63. The molecule has 2 nitrogen and oxygen atoms in total. The summed E-state index contributed by atoms with van der Waals surface area (Å²) in [6.45, 7) is 8.65. The Morgan fingerprint density at radius 3 is 2.77 bits per heavy atom. The Bertz CT molecular complexity index is 194. The zero-order valence-electron chi connectivity index (χ0n) is 8.46. The Morgan fingerprint density at radius 2 is 2.23 bits per heavy atom. The molecule has 0 fully saturated rings. The highest BCUT2D eigenvalue weighted by atomic mass is 16.3. The Morgan fingerprint density at radius 1 is 1.54 bits per heavy atom. The average molecular weight is 181 g/mol. The second-order valence-electron chi connectivity index (χ2n) is 3.01. The first kappa shape index (κ1) is 12.1. The first-order chi connectivity index (χ1) is 6.20. The van der Waals surface area contributed by atoms with Crippen molar-refractivity contribution in [1.29, 1.82) is 0 Å². The molecule has 0 aliphatic heterocycles. The molecule has 74 valence electrons. The van der Waals surface area contributed by atoms with Crippen LogP contribution in [0.1, 0.15) is 13.8 Å². The third-order valence-corrected chi connectivity index (χ3v) is 1.59. The van der Waals surface area contributed by atoms with Crippen LogP contribution in [0.25, 0.3) is 0 Å². The quantitative estimate of drug-likeness (QED) is 0.611. The summed E-state index contributed by atoms with van der Waals surface area (Å²) >= 11 is 0. The number of rotatable bonds is 6. The molecule has 0 rings (SSSR count). The second kappa shape index (κ2) is 7.77. The minimum absolute atomic E-state index is 0.131. The normalized spacial score (nSPS) is 14.1. The van der Waals surface area contributed by atoms with Crippen LogP contribution in [-0.2, 0) is 0 Å². The van der Waals surface area contributed by atoms with Crippen LogP contribution < -0.4 is 5.32 Å². The highest BCUT2D eigenvalue weighted by Gasteiger charge is 1.96. The van der Waals surface area contributed by atoms with Crippen molar-refractivity contribution < 1.29 is 5.11 Å². The van der Waals surface area contributed by atoms with Gasteiger partial charge in [0.05, 0.1) is 6.61 Å². The lowest BCUT2D eigenvalue weighted by Gasteiger charge is -2.09. The number of aliphatic hydroxyl groups is 1. The van der Waals surface area contributed by atoms with Crippen LogP contribution in [0.5, 0.6) is 0 Å². The molecule has 1 unspecified atom stereocenters. The van der Waals surface area contributed by atoms with Crippen molar-refractivity contribution in [3.05, 3.63) is 36.5 Å². The van der Waals surface area contributed by atoms with Crippen LogP contribution in [0.3, 0.4) is 0 Å². The second-order valence-corrected chi connectivity index (χ2v) is 3.01. The van der Waals surface area contributed by atoms with Crippen molar-refractivity contribution in [3.8, 4) is 0 Å². The largest absolute Gasteiger partial charge is 0.395 e. The molecule has 13 heavy (non-hydrogen) atoms. The van der Waals surface area contributed by atoms with Crippen LogP contribution in [0.2, 0.25) is 0 Å². The number of hydrogen-bond acceptors (Lipinski definition) is 2. The molecule has 0 aromatic carbocycles. The first-order valence-corrected chi connectivity index (χ1v) is 4.52. The van der Waals surface area contributed by atoms with Crippen LogP contribution >= 0.6 is 0 Å². The van der Waals surface area contributed by atoms with E-state index < -0.39 is 0 Å². The highest BCUT2D eigenvalue weighted by molar-refractivity contribution is 5.20. The maximum absolute atomic E-state index is 8.74. The van der Waals surface area contributed by atoms with Crippen molar-refractivity contribution in [2.24, 2.45) is 0 Å². The standard InChI is InChI=1S/C11H19NO/c1-4-5-6-7-10(2)8-12-11(3)9-13/h4-7,11-13H,2,8-9H2,1,3H3/b5-4-,7-6-. The maximum atomic E-state index is 8.74. The van der Waals surface area contributed by atoms with Gasteiger partial charge in [-0.15, -0.1) is 0 Å². The van der Waals surface area contributed by atoms with E-state index in [1.165, 1.54) is 0 Å². The molecule has 1 atom stereocenters. The molecule has 2 heteroatoms. The van der Waals surface area contributed by atoms with E-state index in [1.807, 2.05) is 38.2 Å². The monoisotopic (exact) mass is 181 g/mol. The summed E-state index contributed by atoms with van der Waals surface area (Å²) in [4.78, 5) is 0. The van der Waals surface area contributed by atoms with Gasteiger partial charge < -0.3 is 10.4 Å². The fourth-order valence-corrected chi connectivity index (χ4v) is 0.732. The first-order valence-electron chi connectivity index (χ1n) is 4.52. The summed E-state index contributed by atoms with van der Waals surface area (Å²) in [7, 11) is 0. The number of aliphatic hydroxyl groups excluding tert-OH is 1. The minimum atomic E-state index is 0.131. The molecule has 0 saturated carbocycles. The summed E-state index contributed by atoms with van der Waals surface area (Å²) in [5.74, 6) is 0. The average Bonchev–Trinajstić information content (AvgIpc) is 2.14. The smallest absolute Gasteiger partial charge is 0.0582 e. The van der Waals surface area contributed by atoms with E-state index in [1.54, 1.807) is 0 Å². The van der Waals surface area contributed by atoms with Crippen molar-refractivity contribution in [1.82, 2.24) is 5.32 Å². The van der Waals surface area contributed by atoms with Crippen molar-refractivity contribution in [3.63, 3.8) is 0 Å². The summed E-state index contributed by atoms with van der Waals surface area (Å²) in [6, 6.07) is 0.131. The van der Waals surface area contributed by atoms with Crippen LogP contribution in [-0.4, -0.2) is 24.3 Å². The van der Waals surface area contributed by atoms with Gasteiger partial charge in [-0.2, -0.15) is 0 Å². The summed E-state index contributed by atoms with van der Waals surface area (Å²) < 4.78 is 0. The Hall–Kier alpha value is -0.860. The molecule has 0 aliphatic carbocycles. The zero-order chi connectivity index (χ0) is 10.1. The number of nitrogens with one attached hydrogen (secondary N) is 1. The van der Waals surface area contributed by atoms with E-state index >= 15 is 0 Å². The molecular weight excluding hydrogens is 162 g/mol. The lowest BCUT2D eigenvalue weighted by atomic mass is 10.2. The zero-order valence-corrected chi connectivity index (χ0v) is 8.46. The van der Waals surface area contributed by atoms with Gasteiger partial charge in [-0.05, 0) is 19.4 Å². The predicted octanol–water partition coefficient (Wildman–Crippen LogP) is 1.65. The molecule has 0 saturated heterocycles. The molecule has 0 bridgehead atoms. The molecule has 0 aliphatic rings. The number of hydrogen-bond donors (Lipinski definition) is 2. The van der Waals surface area contributed by atoms with Gasteiger partial charge in [-0.3, -0.25) is 0 Å². The molecule has 0 aromatic rings. The van der Waals surface area contributed by atoms with Crippen molar-refractivity contribution in [2.45, 2.75) is 19.9 Å². The fourth-order valence-electron chi connectivity index (χ4n) is 0.732. The lowest BCUT2D eigenvalue weighted by molar-refractivity contribution is 0.254. The van der Waals surface area contributed by atoms with Gasteiger partial charge >= 0.3 is 0 Å². The van der Waals surface area contributed by atoms with Gasteiger partial charge in [0.1, 0.15) is 0 Å². The molecular formula is C11H19NO. The Kier molecular flexibility index (Phi) is 7.26. The molecule has 0 heterocycles. The van der Waals surface area contributed by atoms with E-state index in [9.17, 15) is 0 Å². The summed E-state index contributed by atoms with van der Waals surface area (Å²) in [5, 5.41) is 11.9. The summed E-state index contributed by atoms with van der Waals surface area (Å²) in [6.07, 6.45) is 7.83. The van der Waals surface area contributed by atoms with Gasteiger partial charge in [0.2, 0.25) is 0 Å². The third kappa shape index (κ3) is 7.50. The Labute approximate surface area is 80.7 Å². The third-order valence-electron chi connectivity index (χ3n) is 1.59. The van der Waals surface area contributed by atoms with E-state index in [0.29, 0.717) is 0 Å². The SMILES string of the molecule is C=C(/C=C\C=C/C)CNC(C)CO. The van der Waals surface area contributed by atoms with Crippen LogP contribution in [0, 0.1) is 0 Å². The predicted molar refractivity (Wildman–Crippen MR) is 57.6 cm³/mol. The fraction of sp³-hybridized carbons (Fsp3) is 0.455. The lowest BCUT2D eigenvalue weighted by Crippen LogP contribution is -2.30. The van der Waals surface area contributed by atoms with Crippen LogP contribution in [0.15, 0.2) is 36.5 Å². The number of allylic oxidation sites excluding steroid dienone is 3. The highest BCUT2D eigenvalue weighted by Crippen LogP contribution is 1.92. The van der Waals surface area contributed by atoms with E-state index in [2.05, 4.69) is 11.9 Å². The summed E-state index contributed by atoms with van der Waals surface area (Å²) in [5.41, 5.74) is 1.01. The van der Waals surface area contributed by atoms with Crippen LogP contribution in [0.4, 0.5) is 0 Å². The minimum Gasteiger partial charge on any atom is -0.395 e. The molecule has 0 amide bonds. The van der Waals surface area contributed by atoms with Crippen molar-refractivity contribution >= 4 is 0 Å². The van der Waals surface area contributed by atoms with Gasteiger partial charge in [-0.1, -0.05) is 30.9 Å². The molecule has 0 radical (unpaired) electrons. The molecule has 0 spiro atoms. The van der Waals surface area contributed by atoms with Gasteiger partial charge in [0.15, 0.2) is 0 Å².